The number of guanidine groups is 1. The highest BCUT2D eigenvalue weighted by molar-refractivity contribution is 6.00. The summed E-state index contributed by atoms with van der Waals surface area (Å²) in [4.78, 5) is 27.2. The van der Waals surface area contributed by atoms with Gasteiger partial charge in [0, 0.05) is 36.4 Å². The molecule has 0 radical (unpaired) electrons. The fourth-order valence-corrected chi connectivity index (χ4v) is 5.27. The molecule has 5 heterocycles. The predicted molar refractivity (Wildman–Crippen MR) is 136 cm³/mol. The van der Waals surface area contributed by atoms with E-state index in [-0.39, 0.29) is 35.4 Å². The van der Waals surface area contributed by atoms with E-state index >= 15 is 4.39 Å². The van der Waals surface area contributed by atoms with Crippen molar-refractivity contribution in [2.75, 3.05) is 13.7 Å². The number of hydrogen-bond donors (Lipinski definition) is 1. The summed E-state index contributed by atoms with van der Waals surface area (Å²) in [7, 11) is 1.53. The zero-order valence-corrected chi connectivity index (χ0v) is 21.1. The molecule has 0 bridgehead atoms. The van der Waals surface area contributed by atoms with Crippen LogP contribution in [-0.2, 0) is 15.1 Å². The van der Waals surface area contributed by atoms with Crippen molar-refractivity contribution in [3.05, 3.63) is 77.4 Å². The van der Waals surface area contributed by atoms with Crippen molar-refractivity contribution in [1.82, 2.24) is 14.9 Å². The Kier molecular flexibility index (Phi) is 5.36. The number of benzene rings is 1. The van der Waals surface area contributed by atoms with Gasteiger partial charge in [0.15, 0.2) is 11.7 Å². The van der Waals surface area contributed by atoms with Gasteiger partial charge >= 0.3 is 0 Å². The van der Waals surface area contributed by atoms with Crippen molar-refractivity contribution in [2.45, 2.75) is 37.8 Å². The minimum absolute atomic E-state index is 0.0248. The molecule has 3 aliphatic rings. The van der Waals surface area contributed by atoms with E-state index in [0.717, 1.165) is 5.57 Å². The normalized spacial score (nSPS) is 21.8. The molecule has 0 saturated carbocycles. The second-order valence-corrected chi connectivity index (χ2v) is 10.3. The summed E-state index contributed by atoms with van der Waals surface area (Å²) in [6, 6.07) is 9.89. The number of pyridine rings is 2. The van der Waals surface area contributed by atoms with E-state index in [9.17, 15) is 9.18 Å². The molecule has 1 spiro atoms. The Hall–Kier alpha value is -4.18. The number of rotatable bonds is 2. The van der Waals surface area contributed by atoms with Crippen molar-refractivity contribution in [3.63, 3.8) is 0 Å². The van der Waals surface area contributed by atoms with E-state index in [2.05, 4.69) is 9.97 Å². The average Bonchev–Trinajstić information content (AvgIpc) is 2.87. The van der Waals surface area contributed by atoms with Gasteiger partial charge in [0.2, 0.25) is 11.9 Å². The highest BCUT2D eigenvalue weighted by atomic mass is 19.1. The quantitative estimate of drug-likeness (QED) is 0.501. The third kappa shape index (κ3) is 3.75. The number of ether oxygens (including phenoxy) is 2. The molecule has 38 heavy (non-hydrogen) atoms. The number of carbonyl (C=O) groups is 1. The summed E-state index contributed by atoms with van der Waals surface area (Å²) in [5.74, 6) is -1.65. The van der Waals surface area contributed by atoms with Crippen LogP contribution in [0.3, 0.4) is 0 Å². The molecular weight excluding hydrogens is 492 g/mol. The van der Waals surface area contributed by atoms with Crippen LogP contribution in [0.15, 0.2) is 53.7 Å². The minimum atomic E-state index is -1.41. The lowest BCUT2D eigenvalue weighted by Crippen LogP contribution is -2.49. The van der Waals surface area contributed by atoms with Crippen LogP contribution in [0.25, 0.3) is 16.7 Å². The Bertz CT molecular complexity index is 1570. The Morgan fingerprint density at radius 2 is 1.89 bits per heavy atom. The first-order valence-corrected chi connectivity index (χ1v) is 12.2. The molecule has 1 unspecified atom stereocenters. The Morgan fingerprint density at radius 3 is 2.63 bits per heavy atom. The Labute approximate surface area is 217 Å². The van der Waals surface area contributed by atoms with Crippen molar-refractivity contribution in [2.24, 2.45) is 10.7 Å². The summed E-state index contributed by atoms with van der Waals surface area (Å²) >= 11 is 0. The van der Waals surface area contributed by atoms with Gasteiger partial charge in [-0.15, -0.1) is 0 Å². The van der Waals surface area contributed by atoms with E-state index in [0.29, 0.717) is 35.4 Å². The Morgan fingerprint density at radius 1 is 1.08 bits per heavy atom. The lowest BCUT2D eigenvalue weighted by molar-refractivity contribution is -0.128. The third-order valence-electron chi connectivity index (χ3n) is 7.26. The fraction of sp³-hybridized carbons (Fsp3) is 0.286. The van der Waals surface area contributed by atoms with E-state index in [4.69, 9.17) is 20.2 Å². The molecule has 3 aliphatic heterocycles. The summed E-state index contributed by atoms with van der Waals surface area (Å²) in [5, 5.41) is 0. The van der Waals surface area contributed by atoms with Crippen LogP contribution >= 0.6 is 0 Å². The monoisotopic (exact) mass is 517 g/mol. The second kappa shape index (κ2) is 8.42. The first kappa shape index (κ1) is 24.2. The van der Waals surface area contributed by atoms with Gasteiger partial charge in [-0.25, -0.2) is 15.0 Å². The fourth-order valence-electron chi connectivity index (χ4n) is 5.27. The van der Waals surface area contributed by atoms with Crippen LogP contribution in [0.1, 0.15) is 43.5 Å². The molecule has 1 aromatic carbocycles. The van der Waals surface area contributed by atoms with Gasteiger partial charge in [-0.3, -0.25) is 9.69 Å². The molecule has 10 heteroatoms. The van der Waals surface area contributed by atoms with Gasteiger partial charge < -0.3 is 15.2 Å². The van der Waals surface area contributed by atoms with Crippen LogP contribution < -0.4 is 10.5 Å². The SMILES string of the molecule is CN1C(=O)CC2(N=C1N)c1cc(-c3cccnc3F)ccc1Oc1c2cc(C2=CCOC(C)(C)C2)nc1F. The first-order chi connectivity index (χ1) is 18.1. The molecule has 6 rings (SSSR count). The molecule has 3 aromatic rings. The van der Waals surface area contributed by atoms with Crippen molar-refractivity contribution >= 4 is 17.4 Å². The molecule has 1 amide bonds. The topological polar surface area (TPSA) is 103 Å². The molecule has 8 nitrogen and oxygen atoms in total. The molecule has 2 N–H and O–H groups in total. The van der Waals surface area contributed by atoms with Gasteiger partial charge in [0.1, 0.15) is 11.3 Å². The van der Waals surface area contributed by atoms with Crippen molar-refractivity contribution in [1.29, 1.82) is 0 Å². The van der Waals surface area contributed by atoms with E-state index in [1.54, 1.807) is 36.4 Å². The number of nitrogens with two attached hydrogens (primary N) is 1. The first-order valence-electron chi connectivity index (χ1n) is 12.2. The number of amides is 1. The summed E-state index contributed by atoms with van der Waals surface area (Å²) in [6.07, 6.45) is 3.61. The van der Waals surface area contributed by atoms with Crippen LogP contribution in [-0.4, -0.2) is 46.0 Å². The number of halogens is 2. The summed E-state index contributed by atoms with van der Waals surface area (Å²) in [5.41, 5.74) is 7.14. The lowest BCUT2D eigenvalue weighted by atomic mass is 9.76. The average molecular weight is 518 g/mol. The number of aromatic nitrogens is 2. The number of carbonyl (C=O) groups excluding carboxylic acids is 1. The summed E-state index contributed by atoms with van der Waals surface area (Å²) < 4.78 is 42.0. The maximum Gasteiger partial charge on any atom is 0.256 e. The lowest BCUT2D eigenvalue weighted by Gasteiger charge is -2.41. The zero-order chi connectivity index (χ0) is 26.8. The molecule has 0 fully saturated rings. The maximum absolute atomic E-state index is 15.7. The predicted octanol–water partition coefficient (Wildman–Crippen LogP) is 4.53. The third-order valence-corrected chi connectivity index (χ3v) is 7.26. The van der Waals surface area contributed by atoms with Crippen LogP contribution in [0, 0.1) is 11.9 Å². The van der Waals surface area contributed by atoms with Gasteiger partial charge in [-0.05, 0) is 55.3 Å². The van der Waals surface area contributed by atoms with Crippen LogP contribution in [0.5, 0.6) is 11.5 Å². The van der Waals surface area contributed by atoms with Gasteiger partial charge in [-0.2, -0.15) is 8.78 Å². The van der Waals surface area contributed by atoms with E-state index < -0.39 is 23.0 Å². The molecular formula is C28H25F2N5O3. The molecule has 0 saturated heterocycles. The highest BCUT2D eigenvalue weighted by Crippen LogP contribution is 2.54. The standard InChI is InChI=1S/C28H25F2N5O3/c1-27(2)13-16(8-10-37-27)20-12-19-23(25(30)33-20)38-21-7-6-15(17-5-4-9-32-24(17)29)11-18(21)28(19)14-22(36)35(3)26(31)34-28/h4-9,11-12H,10,13-14H2,1-3H3,(H2,31,34). The van der Waals surface area contributed by atoms with Gasteiger partial charge in [0.05, 0.1) is 24.3 Å². The van der Waals surface area contributed by atoms with E-state index in [1.165, 1.54) is 18.1 Å². The molecule has 2 aromatic heterocycles. The second-order valence-electron chi connectivity index (χ2n) is 10.3. The number of hydrogen-bond acceptors (Lipinski definition) is 7. The number of aliphatic imine (C=N–C) groups is 1. The smallest absolute Gasteiger partial charge is 0.256 e. The molecule has 194 valence electrons. The van der Waals surface area contributed by atoms with Crippen LogP contribution in [0.2, 0.25) is 0 Å². The number of nitrogens with zero attached hydrogens (tertiary/aromatic N) is 4. The minimum Gasteiger partial charge on any atom is -0.452 e. The molecule has 0 aliphatic carbocycles. The number of fused-ring (bicyclic) bond motifs is 4. The van der Waals surface area contributed by atoms with E-state index in [1.807, 2.05) is 19.9 Å². The maximum atomic E-state index is 15.7. The van der Waals surface area contributed by atoms with Gasteiger partial charge in [-0.1, -0.05) is 12.1 Å². The van der Waals surface area contributed by atoms with Gasteiger partial charge in [0.25, 0.3) is 5.95 Å². The largest absolute Gasteiger partial charge is 0.452 e. The zero-order valence-electron chi connectivity index (χ0n) is 21.1. The van der Waals surface area contributed by atoms with Crippen molar-refractivity contribution in [3.8, 4) is 22.6 Å². The van der Waals surface area contributed by atoms with Crippen LogP contribution in [0.4, 0.5) is 8.78 Å². The molecule has 1 atom stereocenters. The van der Waals surface area contributed by atoms with Crippen molar-refractivity contribution < 1.29 is 23.0 Å². The highest BCUT2D eigenvalue weighted by Gasteiger charge is 2.49. The summed E-state index contributed by atoms with van der Waals surface area (Å²) in [6.45, 7) is 4.27. The Balaban J connectivity index is 1.60.